The van der Waals surface area contributed by atoms with E-state index in [1.54, 1.807) is 6.92 Å². The molecule has 0 aliphatic carbocycles. The van der Waals surface area contributed by atoms with Crippen LogP contribution in [0.4, 0.5) is 11.6 Å². The summed E-state index contributed by atoms with van der Waals surface area (Å²) in [5, 5.41) is 14.1. The van der Waals surface area contributed by atoms with Gasteiger partial charge < -0.3 is 10.1 Å². The number of rotatable bonds is 8. The highest BCUT2D eigenvalue weighted by atomic mass is 16.6. The minimum atomic E-state index is -0.495. The molecule has 1 unspecified atom stereocenters. The first-order chi connectivity index (χ1) is 9.49. The van der Waals surface area contributed by atoms with E-state index in [1.165, 1.54) is 0 Å². The Hall–Kier alpha value is -1.92. The lowest BCUT2D eigenvalue weighted by Gasteiger charge is -2.13. The Morgan fingerprint density at radius 2 is 2.10 bits per heavy atom. The van der Waals surface area contributed by atoms with E-state index in [4.69, 9.17) is 4.74 Å². The van der Waals surface area contributed by atoms with Gasteiger partial charge in [-0.15, -0.1) is 0 Å². The normalized spacial score (nSPS) is 12.0. The zero-order chi connectivity index (χ0) is 15.1. The molecule has 0 bridgehead atoms. The highest BCUT2D eigenvalue weighted by molar-refractivity contribution is 5.48. The Labute approximate surface area is 118 Å². The fourth-order valence-corrected chi connectivity index (χ4v) is 1.89. The second-order valence-corrected chi connectivity index (χ2v) is 4.78. The van der Waals surface area contributed by atoms with Gasteiger partial charge in [0.2, 0.25) is 5.95 Å². The maximum atomic E-state index is 11.1. The van der Waals surface area contributed by atoms with Crippen molar-refractivity contribution in [2.24, 2.45) is 5.92 Å². The molecule has 0 saturated heterocycles. The molecule has 7 nitrogen and oxygen atoms in total. The number of hydrogen-bond acceptors (Lipinski definition) is 6. The van der Waals surface area contributed by atoms with Crippen LogP contribution >= 0.6 is 0 Å². The second-order valence-electron chi connectivity index (χ2n) is 4.78. The standard InChI is InChI=1S/C13H22N4O3/c1-5-7-9(3)8-20-12-11(17(18)19)10(4)15-13(16-12)14-6-2/h9H,5-8H2,1-4H3,(H,14,15,16). The summed E-state index contributed by atoms with van der Waals surface area (Å²) in [5.74, 6) is 0.729. The fourth-order valence-electron chi connectivity index (χ4n) is 1.89. The molecule has 1 aromatic rings. The second kappa shape index (κ2) is 7.62. The monoisotopic (exact) mass is 282 g/mol. The van der Waals surface area contributed by atoms with Gasteiger partial charge in [0.05, 0.1) is 11.5 Å². The first-order valence-electron chi connectivity index (χ1n) is 6.89. The highest BCUT2D eigenvalue weighted by Crippen LogP contribution is 2.29. The van der Waals surface area contributed by atoms with Crippen LogP contribution in [0.3, 0.4) is 0 Å². The molecule has 1 N–H and O–H groups in total. The van der Waals surface area contributed by atoms with Gasteiger partial charge in [0.25, 0.3) is 5.88 Å². The average molecular weight is 282 g/mol. The summed E-state index contributed by atoms with van der Waals surface area (Å²) in [6, 6.07) is 0. The molecule has 0 saturated carbocycles. The molecule has 20 heavy (non-hydrogen) atoms. The van der Waals surface area contributed by atoms with Gasteiger partial charge in [-0.3, -0.25) is 10.1 Å². The maximum Gasteiger partial charge on any atom is 0.352 e. The van der Waals surface area contributed by atoms with Crippen LogP contribution in [0, 0.1) is 23.0 Å². The molecule has 1 rings (SSSR count). The smallest absolute Gasteiger partial charge is 0.352 e. The summed E-state index contributed by atoms with van der Waals surface area (Å²) in [5.41, 5.74) is 0.148. The number of nitrogens with zero attached hydrogens (tertiary/aromatic N) is 3. The van der Waals surface area contributed by atoms with Crippen molar-refractivity contribution in [2.75, 3.05) is 18.5 Å². The number of nitrogens with one attached hydrogen (secondary N) is 1. The number of anilines is 1. The minimum absolute atomic E-state index is 0.0430. The number of aromatic nitrogens is 2. The van der Waals surface area contributed by atoms with Crippen molar-refractivity contribution in [1.82, 2.24) is 9.97 Å². The Morgan fingerprint density at radius 1 is 1.40 bits per heavy atom. The van der Waals surface area contributed by atoms with E-state index in [0.717, 1.165) is 12.8 Å². The van der Waals surface area contributed by atoms with Gasteiger partial charge in [-0.05, 0) is 26.2 Å². The predicted octanol–water partition coefficient (Wildman–Crippen LogP) is 2.94. The van der Waals surface area contributed by atoms with Gasteiger partial charge in [0, 0.05) is 6.54 Å². The molecule has 0 amide bonds. The number of hydrogen-bond donors (Lipinski definition) is 1. The lowest BCUT2D eigenvalue weighted by atomic mass is 10.1. The lowest BCUT2D eigenvalue weighted by Crippen LogP contribution is -2.13. The van der Waals surface area contributed by atoms with Crippen LogP contribution in [0.15, 0.2) is 0 Å². The third-order valence-corrected chi connectivity index (χ3v) is 2.83. The fraction of sp³-hybridized carbons (Fsp3) is 0.692. The molecule has 0 spiro atoms. The van der Waals surface area contributed by atoms with Crippen LogP contribution in [0.25, 0.3) is 0 Å². The SMILES string of the molecule is CCCC(C)COc1nc(NCC)nc(C)c1[N+](=O)[O-]. The number of nitro groups is 1. The van der Waals surface area contributed by atoms with Crippen LogP contribution in [0.5, 0.6) is 5.88 Å². The van der Waals surface area contributed by atoms with Crippen LogP contribution in [0.1, 0.15) is 39.3 Å². The van der Waals surface area contributed by atoms with E-state index in [1.807, 2.05) is 6.92 Å². The van der Waals surface area contributed by atoms with Gasteiger partial charge in [0.15, 0.2) is 0 Å². The van der Waals surface area contributed by atoms with Gasteiger partial charge in [-0.1, -0.05) is 20.3 Å². The first kappa shape index (κ1) is 16.1. The highest BCUT2D eigenvalue weighted by Gasteiger charge is 2.24. The largest absolute Gasteiger partial charge is 0.472 e. The van der Waals surface area contributed by atoms with Gasteiger partial charge in [-0.25, -0.2) is 4.98 Å². The van der Waals surface area contributed by atoms with Crippen LogP contribution in [-0.2, 0) is 0 Å². The molecule has 1 atom stereocenters. The summed E-state index contributed by atoms with van der Waals surface area (Å²) >= 11 is 0. The minimum Gasteiger partial charge on any atom is -0.472 e. The van der Waals surface area contributed by atoms with Crippen molar-refractivity contribution in [2.45, 2.75) is 40.5 Å². The van der Waals surface area contributed by atoms with Gasteiger partial charge >= 0.3 is 5.69 Å². The first-order valence-corrected chi connectivity index (χ1v) is 6.89. The molecule has 0 aliphatic rings. The summed E-state index contributed by atoms with van der Waals surface area (Å²) in [6.07, 6.45) is 2.07. The zero-order valence-corrected chi connectivity index (χ0v) is 12.5. The maximum absolute atomic E-state index is 11.1. The van der Waals surface area contributed by atoms with Crippen molar-refractivity contribution < 1.29 is 9.66 Å². The molecular formula is C13H22N4O3. The van der Waals surface area contributed by atoms with Gasteiger partial charge in [0.1, 0.15) is 5.69 Å². The molecular weight excluding hydrogens is 260 g/mol. The predicted molar refractivity (Wildman–Crippen MR) is 77.2 cm³/mol. The van der Waals surface area contributed by atoms with Crippen molar-refractivity contribution >= 4 is 11.6 Å². The summed E-state index contributed by atoms with van der Waals surface area (Å²) in [6.45, 7) is 8.69. The summed E-state index contributed by atoms with van der Waals surface area (Å²) in [7, 11) is 0. The van der Waals surface area contributed by atoms with Crippen molar-refractivity contribution in [1.29, 1.82) is 0 Å². The van der Waals surface area contributed by atoms with E-state index in [0.29, 0.717) is 30.7 Å². The zero-order valence-electron chi connectivity index (χ0n) is 12.5. The van der Waals surface area contributed by atoms with Crippen LogP contribution in [-0.4, -0.2) is 28.0 Å². The van der Waals surface area contributed by atoms with E-state index >= 15 is 0 Å². The van der Waals surface area contributed by atoms with Crippen molar-refractivity contribution in [3.05, 3.63) is 15.8 Å². The topological polar surface area (TPSA) is 90.2 Å². The molecule has 0 fully saturated rings. The molecule has 0 radical (unpaired) electrons. The Bertz CT molecular complexity index is 465. The third kappa shape index (κ3) is 4.32. The van der Waals surface area contributed by atoms with Crippen LogP contribution in [0.2, 0.25) is 0 Å². The molecule has 1 heterocycles. The van der Waals surface area contributed by atoms with E-state index in [2.05, 4.69) is 29.1 Å². The Balaban J connectivity index is 2.97. The summed E-state index contributed by atoms with van der Waals surface area (Å²) < 4.78 is 5.55. The molecule has 0 aliphatic heterocycles. The van der Waals surface area contributed by atoms with Gasteiger partial charge in [-0.2, -0.15) is 4.98 Å². The molecule has 112 valence electrons. The molecule has 0 aromatic carbocycles. The quantitative estimate of drug-likeness (QED) is 0.582. The Kier molecular flexibility index (Phi) is 6.14. The average Bonchev–Trinajstić information content (AvgIpc) is 2.36. The summed E-state index contributed by atoms with van der Waals surface area (Å²) in [4.78, 5) is 18.8. The Morgan fingerprint density at radius 3 is 2.65 bits per heavy atom. The van der Waals surface area contributed by atoms with Crippen molar-refractivity contribution in [3.63, 3.8) is 0 Å². The molecule has 7 heteroatoms. The van der Waals surface area contributed by atoms with Crippen LogP contribution < -0.4 is 10.1 Å². The van der Waals surface area contributed by atoms with E-state index in [-0.39, 0.29) is 11.6 Å². The lowest BCUT2D eigenvalue weighted by molar-refractivity contribution is -0.387. The molecule has 1 aromatic heterocycles. The number of aryl methyl sites for hydroxylation is 1. The van der Waals surface area contributed by atoms with Crippen molar-refractivity contribution in [3.8, 4) is 5.88 Å². The van der Waals surface area contributed by atoms with E-state index < -0.39 is 4.92 Å². The van der Waals surface area contributed by atoms with E-state index in [9.17, 15) is 10.1 Å². The third-order valence-electron chi connectivity index (χ3n) is 2.83. The number of ether oxygens (including phenoxy) is 1.